The Hall–Kier alpha value is -1.42. The van der Waals surface area contributed by atoms with Crippen molar-refractivity contribution in [3.63, 3.8) is 0 Å². The van der Waals surface area contributed by atoms with Crippen LogP contribution in [0.3, 0.4) is 0 Å². The lowest BCUT2D eigenvalue weighted by atomic mass is 10.0. The molecule has 0 spiro atoms. The smallest absolute Gasteiger partial charge is 0.192 e. The van der Waals surface area contributed by atoms with Crippen LogP contribution in [0.15, 0.2) is 54.6 Å². The molecule has 0 unspecified atom stereocenters. The fourth-order valence-corrected chi connectivity index (χ4v) is 3.37. The molecule has 25 heavy (non-hydrogen) atoms. The van der Waals surface area contributed by atoms with Gasteiger partial charge in [0.1, 0.15) is 6.17 Å². The van der Waals surface area contributed by atoms with Crippen LogP contribution >= 0.6 is 45.6 Å². The van der Waals surface area contributed by atoms with E-state index in [1.54, 1.807) is 7.11 Å². The third kappa shape index (κ3) is 3.59. The zero-order valence-corrected chi connectivity index (χ0v) is 18.2. The maximum absolute atomic E-state index is 5.38. The van der Waals surface area contributed by atoms with Crippen LogP contribution in [-0.2, 0) is 0 Å². The average Bonchev–Trinajstić information content (AvgIpc) is 2.69. The lowest BCUT2D eigenvalue weighted by molar-refractivity contribution is 0.403. The molecule has 4 rings (SSSR count). The van der Waals surface area contributed by atoms with Gasteiger partial charge < -0.3 is 18.4 Å². The van der Waals surface area contributed by atoms with E-state index in [1.807, 2.05) is 46.1 Å². The molecule has 3 aromatic carbocycles. The second-order valence-electron chi connectivity index (χ2n) is 5.42. The van der Waals surface area contributed by atoms with Gasteiger partial charge in [0.05, 0.1) is 7.11 Å². The molecule has 1 aliphatic rings. The highest BCUT2D eigenvalue weighted by Gasteiger charge is 2.21. The summed E-state index contributed by atoms with van der Waals surface area (Å²) in [7, 11) is 1.64. The van der Waals surface area contributed by atoms with Crippen molar-refractivity contribution in [2.45, 2.75) is 6.17 Å². The molecule has 2 N–H and O–H groups in total. The van der Waals surface area contributed by atoms with Gasteiger partial charge in [-0.2, -0.15) is 0 Å². The number of anilines is 2. The van der Waals surface area contributed by atoms with Gasteiger partial charge in [-0.15, -0.1) is 0 Å². The van der Waals surface area contributed by atoms with Crippen LogP contribution in [0, 0.1) is 0 Å². The van der Waals surface area contributed by atoms with E-state index in [4.69, 9.17) is 7.80 Å². The molecule has 3 aromatic rings. The predicted octanol–water partition coefficient (Wildman–Crippen LogP) is 6.16. The molecular formula is C19H18I2N2O2. The second kappa shape index (κ2) is 8.31. The summed E-state index contributed by atoms with van der Waals surface area (Å²) in [5.74, 6) is 1.44. The molecule has 0 aromatic heterocycles. The molecule has 4 nitrogen and oxygen atoms in total. The zero-order chi connectivity index (χ0) is 17.8. The van der Waals surface area contributed by atoms with Gasteiger partial charge in [-0.05, 0) is 40.1 Å². The molecule has 0 amide bonds. The van der Waals surface area contributed by atoms with Crippen LogP contribution in [0.1, 0.15) is 11.7 Å². The first-order valence-electron chi connectivity index (χ1n) is 7.69. The number of methoxy groups -OCH3 is 1. The quantitative estimate of drug-likeness (QED) is 0.298. The van der Waals surface area contributed by atoms with Gasteiger partial charge in [-0.3, -0.25) is 0 Å². The van der Waals surface area contributed by atoms with Crippen LogP contribution < -0.4 is 18.4 Å². The molecule has 1 aliphatic heterocycles. The minimum atomic E-state index is -0.0216. The highest BCUT2D eigenvalue weighted by molar-refractivity contribution is 14.1. The Morgan fingerprint density at radius 1 is 0.880 bits per heavy atom. The molecule has 1 heterocycles. The van der Waals surface area contributed by atoms with Gasteiger partial charge in [0.15, 0.2) is 34.5 Å². The highest BCUT2D eigenvalue weighted by Crippen LogP contribution is 2.40. The zero-order valence-electron chi connectivity index (χ0n) is 13.8. The van der Waals surface area contributed by atoms with Gasteiger partial charge >= 0.3 is 0 Å². The molecular weight excluding hydrogens is 542 g/mol. The highest BCUT2D eigenvalue weighted by atomic mass is 127. The van der Waals surface area contributed by atoms with E-state index in [1.165, 1.54) is 10.8 Å². The summed E-state index contributed by atoms with van der Waals surface area (Å²) < 4.78 is 10.7. The Balaban J connectivity index is 0.000000880. The van der Waals surface area contributed by atoms with Crippen molar-refractivity contribution in [1.29, 1.82) is 0 Å². The van der Waals surface area contributed by atoms with Gasteiger partial charge in [0.2, 0.25) is 0 Å². The number of alkyl halides is 1. The monoisotopic (exact) mass is 560 g/mol. The van der Waals surface area contributed by atoms with Crippen molar-refractivity contribution in [3.05, 3.63) is 60.2 Å². The topological polar surface area (TPSA) is 42.5 Å². The minimum absolute atomic E-state index is 0.0216. The Bertz CT molecular complexity index is 846. The van der Waals surface area contributed by atoms with Crippen LogP contribution in [0.4, 0.5) is 11.4 Å². The van der Waals surface area contributed by atoms with E-state index in [9.17, 15) is 0 Å². The van der Waals surface area contributed by atoms with Crippen LogP contribution in [0.2, 0.25) is 0 Å². The van der Waals surface area contributed by atoms with Crippen LogP contribution in [0.25, 0.3) is 10.8 Å². The molecule has 6 heteroatoms. The van der Waals surface area contributed by atoms with E-state index in [2.05, 4.69) is 69.6 Å². The Labute approximate surface area is 175 Å². The molecule has 130 valence electrons. The van der Waals surface area contributed by atoms with Crippen molar-refractivity contribution in [3.8, 4) is 11.5 Å². The third-order valence-electron chi connectivity index (χ3n) is 4.11. The standard InChI is InChI=1S/C18H15IN2O2.CH3I/c1-22-15-9-8-12(10-16(15)23-19)18-20-13-6-2-4-11-5-3-7-14(21-18)17(11)13;1-2/h2-10,18,20-21H,1H3;1H3. The summed E-state index contributed by atoms with van der Waals surface area (Å²) in [6.07, 6.45) is -0.0216. The number of ether oxygens (including phenoxy) is 1. The van der Waals surface area contributed by atoms with E-state index >= 15 is 0 Å². The van der Waals surface area contributed by atoms with Gasteiger partial charge in [0.25, 0.3) is 0 Å². The van der Waals surface area contributed by atoms with Crippen LogP contribution in [-0.4, -0.2) is 12.0 Å². The molecule has 0 saturated carbocycles. The lowest BCUT2D eigenvalue weighted by Crippen LogP contribution is -2.23. The maximum Gasteiger partial charge on any atom is 0.192 e. The average molecular weight is 560 g/mol. The molecule has 0 aliphatic carbocycles. The Kier molecular flexibility index (Phi) is 6.10. The number of rotatable bonds is 3. The normalized spacial score (nSPS) is 12.5. The second-order valence-corrected chi connectivity index (χ2v) is 5.86. The number of hydrogen-bond acceptors (Lipinski definition) is 4. The first-order valence-corrected chi connectivity index (χ1v) is 10.7. The van der Waals surface area contributed by atoms with E-state index < -0.39 is 0 Å². The lowest BCUT2D eigenvalue weighted by Gasteiger charge is -2.30. The van der Waals surface area contributed by atoms with Gasteiger partial charge in [-0.25, -0.2) is 0 Å². The summed E-state index contributed by atoms with van der Waals surface area (Å²) in [6, 6.07) is 18.6. The SMILES string of the molecule is CI.COc1ccc(C2Nc3cccc4cccc(c34)N2)cc1OI. The van der Waals surface area contributed by atoms with Gasteiger partial charge in [-0.1, -0.05) is 52.9 Å². The fraction of sp³-hybridized carbons (Fsp3) is 0.158. The van der Waals surface area contributed by atoms with Crippen molar-refractivity contribution in [1.82, 2.24) is 0 Å². The minimum Gasteiger partial charge on any atom is -0.493 e. The van der Waals surface area contributed by atoms with Gasteiger partial charge in [0, 0.05) is 16.8 Å². The van der Waals surface area contributed by atoms with Crippen LogP contribution in [0.5, 0.6) is 11.5 Å². The predicted molar refractivity (Wildman–Crippen MR) is 122 cm³/mol. The third-order valence-corrected chi connectivity index (χ3v) is 4.58. The number of hydrogen-bond donors (Lipinski definition) is 2. The van der Waals surface area contributed by atoms with Crippen molar-refractivity contribution >= 4 is 67.7 Å². The molecule has 0 atom stereocenters. The fourth-order valence-electron chi connectivity index (χ4n) is 3.03. The van der Waals surface area contributed by atoms with Crippen molar-refractivity contribution in [2.24, 2.45) is 0 Å². The summed E-state index contributed by atoms with van der Waals surface area (Å²) in [4.78, 5) is 1.97. The Morgan fingerprint density at radius 3 is 2.08 bits per heavy atom. The van der Waals surface area contributed by atoms with E-state index in [-0.39, 0.29) is 6.17 Å². The number of nitrogens with one attached hydrogen (secondary N) is 2. The van der Waals surface area contributed by atoms with Crippen molar-refractivity contribution < 1.29 is 7.80 Å². The molecule has 0 bridgehead atoms. The Morgan fingerprint density at radius 2 is 1.52 bits per heavy atom. The number of halogens is 2. The first kappa shape index (κ1) is 18.4. The van der Waals surface area contributed by atoms with E-state index in [0.29, 0.717) is 5.75 Å². The van der Waals surface area contributed by atoms with Crippen molar-refractivity contribution in [2.75, 3.05) is 22.7 Å². The summed E-state index contributed by atoms with van der Waals surface area (Å²) in [6.45, 7) is 0. The largest absolute Gasteiger partial charge is 0.493 e. The molecule has 0 saturated heterocycles. The number of benzene rings is 3. The molecule has 0 fully saturated rings. The molecule has 0 radical (unpaired) electrons. The van der Waals surface area contributed by atoms with E-state index in [0.717, 1.165) is 22.7 Å². The summed E-state index contributed by atoms with van der Waals surface area (Å²) in [5, 5.41) is 9.57. The maximum atomic E-state index is 5.38. The first-order chi connectivity index (χ1) is 12.3. The summed E-state index contributed by atoms with van der Waals surface area (Å²) >= 11 is 4.02. The summed E-state index contributed by atoms with van der Waals surface area (Å²) in [5.41, 5.74) is 3.35.